The summed E-state index contributed by atoms with van der Waals surface area (Å²) in [5.41, 5.74) is 0.268. The molecule has 3 aliphatic rings. The van der Waals surface area contributed by atoms with Crippen LogP contribution in [0.3, 0.4) is 0 Å². The number of carbonyl (C=O) groups is 4. The lowest BCUT2D eigenvalue weighted by molar-refractivity contribution is -0.154. The monoisotopic (exact) mass is 492 g/mol. The van der Waals surface area contributed by atoms with Crippen LogP contribution in [0.1, 0.15) is 6.42 Å². The number of imide groups is 1. The van der Waals surface area contributed by atoms with Gasteiger partial charge >= 0.3 is 5.97 Å². The summed E-state index contributed by atoms with van der Waals surface area (Å²) >= 11 is 24.5. The molecule has 2 bridgehead atoms. The van der Waals surface area contributed by atoms with E-state index in [0.717, 1.165) is 4.90 Å². The van der Waals surface area contributed by atoms with E-state index >= 15 is 0 Å². The maximum absolute atomic E-state index is 12.7. The van der Waals surface area contributed by atoms with Gasteiger partial charge in [-0.25, -0.2) is 0 Å². The topological polar surface area (TPSA) is 92.8 Å². The first kappa shape index (κ1) is 21.7. The second-order valence-electron chi connectivity index (χ2n) is 7.58. The van der Waals surface area contributed by atoms with Gasteiger partial charge in [0, 0.05) is 0 Å². The van der Waals surface area contributed by atoms with Crippen molar-refractivity contribution in [2.45, 2.75) is 17.2 Å². The molecule has 3 amide bonds. The van der Waals surface area contributed by atoms with E-state index in [2.05, 4.69) is 5.32 Å². The Bertz CT molecular complexity index is 909. The minimum atomic E-state index is -0.874. The third-order valence-corrected chi connectivity index (χ3v) is 8.09. The zero-order valence-electron chi connectivity index (χ0n) is 15.3. The molecule has 0 aromatic heterocycles. The number of anilines is 1. The van der Waals surface area contributed by atoms with E-state index in [1.54, 1.807) is 12.1 Å². The summed E-state index contributed by atoms with van der Waals surface area (Å²) in [5.74, 6) is -3.80. The molecule has 0 radical (unpaired) electrons. The number of hydrogen-bond donors (Lipinski definition) is 1. The fourth-order valence-corrected chi connectivity index (χ4v) is 5.91. The number of nitrogens with one attached hydrogen (secondary N) is 1. The Morgan fingerprint density at radius 2 is 1.67 bits per heavy atom. The number of likely N-dealkylation sites (tertiary alicyclic amines) is 1. The first-order valence-electron chi connectivity index (χ1n) is 9.23. The fourth-order valence-electron chi connectivity index (χ4n) is 4.67. The van der Waals surface area contributed by atoms with Gasteiger partial charge in [0.2, 0.25) is 11.8 Å². The van der Waals surface area contributed by atoms with Crippen molar-refractivity contribution in [3.05, 3.63) is 28.2 Å². The molecule has 1 saturated heterocycles. The third-order valence-electron chi connectivity index (χ3n) is 5.96. The van der Waals surface area contributed by atoms with Gasteiger partial charge in [-0.2, -0.15) is 0 Å². The molecule has 4 rings (SSSR count). The van der Waals surface area contributed by atoms with E-state index in [9.17, 15) is 19.2 Å². The van der Waals surface area contributed by atoms with Crippen molar-refractivity contribution in [3.63, 3.8) is 0 Å². The van der Waals surface area contributed by atoms with Crippen LogP contribution in [0.15, 0.2) is 18.2 Å². The molecule has 11 heteroatoms. The number of rotatable bonds is 5. The molecule has 1 aliphatic heterocycles. The van der Waals surface area contributed by atoms with Gasteiger partial charge in [0.15, 0.2) is 6.61 Å². The van der Waals surface area contributed by atoms with Crippen molar-refractivity contribution >= 4 is 75.8 Å². The summed E-state index contributed by atoms with van der Waals surface area (Å²) in [6.45, 7) is -1.17. The van der Waals surface area contributed by atoms with Gasteiger partial charge < -0.3 is 10.1 Å². The van der Waals surface area contributed by atoms with E-state index in [1.165, 1.54) is 6.07 Å². The summed E-state index contributed by atoms with van der Waals surface area (Å²) in [7, 11) is 0. The largest absolute Gasteiger partial charge is 0.454 e. The molecule has 2 saturated carbocycles. The van der Waals surface area contributed by atoms with Crippen LogP contribution in [0.5, 0.6) is 0 Å². The summed E-state index contributed by atoms with van der Waals surface area (Å²) in [4.78, 5) is 50.5. The Kier molecular flexibility index (Phi) is 5.92. The van der Waals surface area contributed by atoms with E-state index in [4.69, 9.17) is 51.1 Å². The first-order chi connectivity index (χ1) is 14.2. The second kappa shape index (κ2) is 8.19. The molecule has 0 spiro atoms. The number of halogens is 4. The smallest absolute Gasteiger partial charge is 0.326 e. The lowest BCUT2D eigenvalue weighted by Crippen LogP contribution is -2.38. The molecule has 1 aromatic rings. The van der Waals surface area contributed by atoms with Crippen molar-refractivity contribution < 1.29 is 23.9 Å². The number of benzene rings is 1. The van der Waals surface area contributed by atoms with Gasteiger partial charge in [0.1, 0.15) is 6.54 Å². The highest BCUT2D eigenvalue weighted by Gasteiger charge is 2.66. The third kappa shape index (κ3) is 3.55. The van der Waals surface area contributed by atoms with Crippen LogP contribution >= 0.6 is 46.4 Å². The Labute approximate surface area is 191 Å². The molecule has 1 heterocycles. The second-order valence-corrected chi connectivity index (χ2v) is 9.37. The quantitative estimate of drug-likeness (QED) is 0.386. The number of carbonyl (C=O) groups excluding carboxylic acids is 4. The standard InChI is InChI=1S/C19H16Cl4N2O5/c20-9-2-1-3-10(17(9)23)24-11(26)6-30-12(27)5-25-18(28)13-7-4-8(14(13)19(25)29)16(22)15(7)21/h1-3,7-8,13-16H,4-6H2,(H,24,26)/t7-,8-,13-,14+,15-,16+/m1/s1. The maximum Gasteiger partial charge on any atom is 0.326 e. The van der Waals surface area contributed by atoms with Crippen molar-refractivity contribution in [3.8, 4) is 0 Å². The van der Waals surface area contributed by atoms with Crippen LogP contribution < -0.4 is 5.32 Å². The number of alkyl halides is 2. The number of hydrogen-bond acceptors (Lipinski definition) is 5. The Morgan fingerprint density at radius 3 is 2.27 bits per heavy atom. The average molecular weight is 494 g/mol. The van der Waals surface area contributed by atoms with Crippen molar-refractivity contribution in [1.29, 1.82) is 0 Å². The van der Waals surface area contributed by atoms with Crippen molar-refractivity contribution in [2.24, 2.45) is 23.7 Å². The summed E-state index contributed by atoms with van der Waals surface area (Å²) in [6.07, 6.45) is 0.639. The van der Waals surface area contributed by atoms with Gasteiger partial charge in [0.25, 0.3) is 5.91 Å². The normalized spacial score (nSPS) is 31.8. The summed E-state index contributed by atoms with van der Waals surface area (Å²) < 4.78 is 4.91. The molecule has 1 N–H and O–H groups in total. The highest BCUT2D eigenvalue weighted by molar-refractivity contribution is 6.44. The Balaban J connectivity index is 1.33. The molecule has 30 heavy (non-hydrogen) atoms. The molecule has 160 valence electrons. The minimum absolute atomic E-state index is 0.156. The van der Waals surface area contributed by atoms with Crippen LogP contribution in [0.2, 0.25) is 10.0 Å². The van der Waals surface area contributed by atoms with Crippen molar-refractivity contribution in [2.75, 3.05) is 18.5 Å². The zero-order chi connectivity index (χ0) is 21.7. The molecule has 0 unspecified atom stereocenters. The van der Waals surface area contributed by atoms with Crippen LogP contribution in [0.4, 0.5) is 5.69 Å². The number of nitrogens with zero attached hydrogens (tertiary/aromatic N) is 1. The molecule has 7 nitrogen and oxygen atoms in total. The molecule has 6 atom stereocenters. The van der Waals surface area contributed by atoms with E-state index in [1.807, 2.05) is 0 Å². The van der Waals surface area contributed by atoms with E-state index < -0.39 is 48.7 Å². The number of esters is 1. The van der Waals surface area contributed by atoms with Gasteiger partial charge in [-0.1, -0.05) is 29.3 Å². The lowest BCUT2D eigenvalue weighted by Gasteiger charge is -2.28. The Hall–Kier alpha value is -1.54. The predicted octanol–water partition coefficient (Wildman–Crippen LogP) is 2.94. The molecule has 1 aromatic carbocycles. The van der Waals surface area contributed by atoms with Gasteiger partial charge in [0.05, 0.1) is 38.3 Å². The van der Waals surface area contributed by atoms with Gasteiger partial charge in [-0.3, -0.25) is 24.1 Å². The number of amides is 3. The fraction of sp³-hybridized carbons (Fsp3) is 0.474. The first-order valence-corrected chi connectivity index (χ1v) is 10.9. The van der Waals surface area contributed by atoms with Crippen molar-refractivity contribution in [1.82, 2.24) is 4.90 Å². The zero-order valence-corrected chi connectivity index (χ0v) is 18.3. The summed E-state index contributed by atoms with van der Waals surface area (Å²) in [6, 6.07) is 4.70. The predicted molar refractivity (Wildman–Crippen MR) is 111 cm³/mol. The maximum atomic E-state index is 12.7. The van der Waals surface area contributed by atoms with Crippen LogP contribution in [0.25, 0.3) is 0 Å². The highest BCUT2D eigenvalue weighted by atomic mass is 35.5. The van der Waals surface area contributed by atoms with Gasteiger partial charge in [-0.15, -0.1) is 23.2 Å². The highest BCUT2D eigenvalue weighted by Crippen LogP contribution is 2.59. The molecular weight excluding hydrogens is 478 g/mol. The van der Waals surface area contributed by atoms with Crippen LogP contribution in [0, 0.1) is 23.7 Å². The van der Waals surface area contributed by atoms with Crippen LogP contribution in [-0.2, 0) is 23.9 Å². The minimum Gasteiger partial charge on any atom is -0.454 e. The lowest BCUT2D eigenvalue weighted by atomic mass is 9.80. The average Bonchev–Trinajstić information content (AvgIpc) is 3.31. The number of ether oxygens (including phenoxy) is 1. The van der Waals surface area contributed by atoms with E-state index in [0.29, 0.717) is 6.42 Å². The van der Waals surface area contributed by atoms with E-state index in [-0.39, 0.29) is 38.3 Å². The molecule has 2 aliphatic carbocycles. The summed E-state index contributed by atoms with van der Waals surface area (Å²) in [5, 5.41) is 2.14. The SMILES string of the molecule is O=C(COC(=O)CN1C(=O)[C@@H]2[C@H]3C[C@@H]([C@H](Cl)[C@@H]3Cl)[C@@H]2C1=O)Nc1cccc(Cl)c1Cl. The number of fused-ring (bicyclic) bond motifs is 5. The Morgan fingerprint density at radius 1 is 1.07 bits per heavy atom. The van der Waals surface area contributed by atoms with Crippen LogP contribution in [-0.4, -0.2) is 52.5 Å². The molecular formula is C19H16Cl4N2O5. The molecule has 3 fully saturated rings. The van der Waals surface area contributed by atoms with Gasteiger partial charge in [-0.05, 0) is 30.4 Å².